The fourth-order valence-electron chi connectivity index (χ4n) is 1.31. The van der Waals surface area contributed by atoms with Crippen LogP contribution in [0.25, 0.3) is 0 Å². The van der Waals surface area contributed by atoms with Gasteiger partial charge in [0.05, 0.1) is 6.61 Å². The standard InChI is InChI=1S/C13H18O3S/c1-13(2,11(14)12(15)17-3)16-9-10-7-5-4-6-8-10/h4-8,12,15H,9H2,1-3H3. The van der Waals surface area contributed by atoms with Gasteiger partial charge >= 0.3 is 0 Å². The van der Waals surface area contributed by atoms with E-state index in [4.69, 9.17) is 4.74 Å². The Morgan fingerprint density at radius 3 is 2.53 bits per heavy atom. The van der Waals surface area contributed by atoms with E-state index in [0.717, 1.165) is 17.3 Å². The molecule has 1 aromatic carbocycles. The summed E-state index contributed by atoms with van der Waals surface area (Å²) in [6.07, 6.45) is 1.69. The highest BCUT2D eigenvalue weighted by Crippen LogP contribution is 2.19. The van der Waals surface area contributed by atoms with E-state index in [0.29, 0.717) is 6.61 Å². The summed E-state index contributed by atoms with van der Waals surface area (Å²) in [5.41, 5.74) is -0.995. The molecule has 0 amide bonds. The van der Waals surface area contributed by atoms with Gasteiger partial charge in [-0.15, -0.1) is 11.8 Å². The van der Waals surface area contributed by atoms with Gasteiger partial charge in [-0.2, -0.15) is 0 Å². The molecule has 0 aromatic heterocycles. The minimum absolute atomic E-state index is 0.305. The highest BCUT2D eigenvalue weighted by Gasteiger charge is 2.33. The fraction of sp³-hybridized carbons (Fsp3) is 0.462. The van der Waals surface area contributed by atoms with E-state index < -0.39 is 11.0 Å². The number of aliphatic hydroxyl groups excluding tert-OH is 1. The molecule has 1 aromatic rings. The topological polar surface area (TPSA) is 46.5 Å². The normalized spacial score (nSPS) is 13.4. The van der Waals surface area contributed by atoms with Crippen LogP contribution in [-0.2, 0) is 16.1 Å². The van der Waals surface area contributed by atoms with Crippen LogP contribution in [0.4, 0.5) is 0 Å². The van der Waals surface area contributed by atoms with Crippen LogP contribution >= 0.6 is 11.8 Å². The Morgan fingerprint density at radius 1 is 1.41 bits per heavy atom. The Labute approximate surface area is 106 Å². The Balaban J connectivity index is 2.58. The van der Waals surface area contributed by atoms with Gasteiger partial charge in [-0.05, 0) is 25.7 Å². The lowest BCUT2D eigenvalue weighted by molar-refractivity contribution is -0.146. The zero-order valence-electron chi connectivity index (χ0n) is 10.3. The zero-order valence-corrected chi connectivity index (χ0v) is 11.2. The zero-order chi connectivity index (χ0) is 12.9. The first-order valence-corrected chi connectivity index (χ1v) is 6.69. The Bertz CT molecular complexity index is 362. The van der Waals surface area contributed by atoms with E-state index in [1.165, 1.54) is 0 Å². The Hall–Kier alpha value is -0.840. The van der Waals surface area contributed by atoms with Crippen molar-refractivity contribution in [3.8, 4) is 0 Å². The number of ether oxygens (including phenoxy) is 1. The molecule has 1 unspecified atom stereocenters. The second kappa shape index (κ2) is 6.19. The molecular weight excluding hydrogens is 236 g/mol. The number of rotatable bonds is 6. The van der Waals surface area contributed by atoms with E-state index in [1.807, 2.05) is 30.3 Å². The average molecular weight is 254 g/mol. The van der Waals surface area contributed by atoms with Crippen LogP contribution in [0.15, 0.2) is 30.3 Å². The van der Waals surface area contributed by atoms with Crippen molar-refractivity contribution in [1.82, 2.24) is 0 Å². The lowest BCUT2D eigenvalue weighted by Crippen LogP contribution is -2.41. The number of carbonyl (C=O) groups is 1. The van der Waals surface area contributed by atoms with Crippen molar-refractivity contribution < 1.29 is 14.6 Å². The lowest BCUT2D eigenvalue weighted by atomic mass is 10.0. The van der Waals surface area contributed by atoms with E-state index in [9.17, 15) is 9.90 Å². The van der Waals surface area contributed by atoms with Gasteiger partial charge in [0.25, 0.3) is 0 Å². The molecule has 0 aliphatic rings. The third kappa shape index (κ3) is 4.15. The smallest absolute Gasteiger partial charge is 0.202 e. The molecule has 0 heterocycles. The summed E-state index contributed by atoms with van der Waals surface area (Å²) in [7, 11) is 0. The van der Waals surface area contributed by atoms with Gasteiger partial charge in [0.2, 0.25) is 5.78 Å². The third-order valence-electron chi connectivity index (χ3n) is 2.48. The maximum atomic E-state index is 11.8. The summed E-state index contributed by atoms with van der Waals surface area (Å²) in [6.45, 7) is 3.72. The minimum atomic E-state index is -1.03. The molecule has 0 aliphatic heterocycles. The first-order chi connectivity index (χ1) is 7.97. The number of benzene rings is 1. The van der Waals surface area contributed by atoms with Crippen LogP contribution in [0.1, 0.15) is 19.4 Å². The molecule has 1 rings (SSSR count). The van der Waals surface area contributed by atoms with Gasteiger partial charge in [0.1, 0.15) is 5.60 Å². The van der Waals surface area contributed by atoms with Crippen LogP contribution in [0.3, 0.4) is 0 Å². The second-order valence-electron chi connectivity index (χ2n) is 4.24. The molecule has 4 heteroatoms. The molecule has 0 spiro atoms. The third-order valence-corrected chi connectivity index (χ3v) is 3.14. The summed E-state index contributed by atoms with van der Waals surface area (Å²) >= 11 is 1.11. The first-order valence-electron chi connectivity index (χ1n) is 5.40. The number of hydrogen-bond donors (Lipinski definition) is 1. The van der Waals surface area contributed by atoms with Crippen LogP contribution in [0.2, 0.25) is 0 Å². The molecule has 0 radical (unpaired) electrons. The van der Waals surface area contributed by atoms with Gasteiger partial charge in [-0.25, -0.2) is 0 Å². The van der Waals surface area contributed by atoms with Gasteiger partial charge in [0, 0.05) is 0 Å². The van der Waals surface area contributed by atoms with Gasteiger partial charge in [-0.3, -0.25) is 4.79 Å². The van der Waals surface area contributed by atoms with Crippen molar-refractivity contribution in [3.05, 3.63) is 35.9 Å². The molecule has 1 N–H and O–H groups in total. The molecule has 0 saturated carbocycles. The number of Topliss-reactive ketones (excluding diaryl/α,β-unsaturated/α-hetero) is 1. The van der Waals surface area contributed by atoms with Crippen molar-refractivity contribution >= 4 is 17.5 Å². The molecule has 17 heavy (non-hydrogen) atoms. The number of carbonyl (C=O) groups excluding carboxylic acids is 1. The monoisotopic (exact) mass is 254 g/mol. The quantitative estimate of drug-likeness (QED) is 0.791. The van der Waals surface area contributed by atoms with E-state index in [1.54, 1.807) is 20.1 Å². The maximum absolute atomic E-state index is 11.8. The van der Waals surface area contributed by atoms with Crippen LogP contribution in [0, 0.1) is 0 Å². The molecule has 94 valence electrons. The van der Waals surface area contributed by atoms with Crippen molar-refractivity contribution in [1.29, 1.82) is 0 Å². The number of ketones is 1. The molecule has 0 aliphatic carbocycles. The predicted molar refractivity (Wildman–Crippen MR) is 69.8 cm³/mol. The summed E-state index contributed by atoms with van der Waals surface area (Å²) < 4.78 is 5.58. The average Bonchev–Trinajstić information content (AvgIpc) is 2.36. The van der Waals surface area contributed by atoms with Crippen molar-refractivity contribution in [2.45, 2.75) is 31.5 Å². The van der Waals surface area contributed by atoms with Crippen LogP contribution in [-0.4, -0.2) is 28.2 Å². The largest absolute Gasteiger partial charge is 0.375 e. The molecular formula is C13H18O3S. The van der Waals surface area contributed by atoms with E-state index in [-0.39, 0.29) is 5.78 Å². The Kier molecular flexibility index (Phi) is 5.18. The van der Waals surface area contributed by atoms with Crippen LogP contribution in [0.5, 0.6) is 0 Å². The number of thioether (sulfide) groups is 1. The minimum Gasteiger partial charge on any atom is -0.375 e. The number of hydrogen-bond acceptors (Lipinski definition) is 4. The summed E-state index contributed by atoms with van der Waals surface area (Å²) in [4.78, 5) is 11.8. The maximum Gasteiger partial charge on any atom is 0.202 e. The Morgan fingerprint density at radius 2 is 2.00 bits per heavy atom. The number of aliphatic hydroxyl groups is 1. The fourth-order valence-corrected chi connectivity index (χ4v) is 1.81. The summed E-state index contributed by atoms with van der Waals surface area (Å²) in [5.74, 6) is -0.305. The van der Waals surface area contributed by atoms with Crippen molar-refractivity contribution in [2.75, 3.05) is 6.26 Å². The van der Waals surface area contributed by atoms with E-state index >= 15 is 0 Å². The molecule has 0 bridgehead atoms. The molecule has 3 nitrogen and oxygen atoms in total. The molecule has 0 saturated heterocycles. The highest BCUT2D eigenvalue weighted by molar-refractivity contribution is 7.99. The lowest BCUT2D eigenvalue weighted by Gasteiger charge is -2.25. The van der Waals surface area contributed by atoms with Crippen molar-refractivity contribution in [3.63, 3.8) is 0 Å². The van der Waals surface area contributed by atoms with Gasteiger partial charge in [0.15, 0.2) is 5.44 Å². The van der Waals surface area contributed by atoms with Crippen LogP contribution < -0.4 is 0 Å². The predicted octanol–water partition coefficient (Wildman–Crippen LogP) is 2.23. The van der Waals surface area contributed by atoms with E-state index in [2.05, 4.69) is 0 Å². The van der Waals surface area contributed by atoms with Crippen molar-refractivity contribution in [2.24, 2.45) is 0 Å². The van der Waals surface area contributed by atoms with Gasteiger partial charge in [-0.1, -0.05) is 30.3 Å². The summed E-state index contributed by atoms with van der Waals surface area (Å²) in [6, 6.07) is 9.64. The SMILES string of the molecule is CSC(O)C(=O)C(C)(C)OCc1ccccc1. The first kappa shape index (κ1) is 14.2. The molecule has 0 fully saturated rings. The van der Waals surface area contributed by atoms with Gasteiger partial charge < -0.3 is 9.84 Å². The highest BCUT2D eigenvalue weighted by atomic mass is 32.2. The summed E-state index contributed by atoms with van der Waals surface area (Å²) in [5, 5.41) is 9.49. The second-order valence-corrected chi connectivity index (χ2v) is 5.15. The molecule has 1 atom stereocenters.